The number of amides is 1. The Labute approximate surface area is 179 Å². The van der Waals surface area contributed by atoms with Crippen LogP contribution >= 0.6 is 0 Å². The molecule has 1 aliphatic carbocycles. The molecule has 4 rings (SSSR count). The van der Waals surface area contributed by atoms with Crippen molar-refractivity contribution in [3.05, 3.63) is 48.7 Å². The van der Waals surface area contributed by atoms with Gasteiger partial charge in [0.1, 0.15) is 11.9 Å². The minimum absolute atomic E-state index is 0.0679. The molecule has 1 amide bonds. The number of benzene rings is 1. The van der Waals surface area contributed by atoms with Crippen molar-refractivity contribution in [3.8, 4) is 0 Å². The molecule has 0 saturated carbocycles. The van der Waals surface area contributed by atoms with Crippen LogP contribution in [0, 0.1) is 11.8 Å². The zero-order valence-electron chi connectivity index (χ0n) is 17.2. The van der Waals surface area contributed by atoms with Gasteiger partial charge in [-0.25, -0.2) is 4.98 Å². The second-order valence-electron chi connectivity index (χ2n) is 8.02. The fourth-order valence-electron chi connectivity index (χ4n) is 4.11. The van der Waals surface area contributed by atoms with Crippen molar-refractivity contribution in [1.29, 1.82) is 0 Å². The Morgan fingerprint density at radius 1 is 1.19 bits per heavy atom. The molecule has 0 bridgehead atoms. The van der Waals surface area contributed by atoms with E-state index in [1.165, 1.54) is 0 Å². The first-order chi connectivity index (χ1) is 14.9. The maximum atomic E-state index is 13.3. The van der Waals surface area contributed by atoms with Gasteiger partial charge >= 0.3 is 5.97 Å². The second-order valence-corrected chi connectivity index (χ2v) is 8.02. The van der Waals surface area contributed by atoms with Crippen molar-refractivity contribution < 1.29 is 24.2 Å². The fraction of sp³-hybridized carbons (Fsp3) is 0.391. The Kier molecular flexibility index (Phi) is 5.99. The number of fused-ring (bicyclic) bond motifs is 1. The molecule has 5 unspecified atom stereocenters. The predicted molar refractivity (Wildman–Crippen MR) is 114 cm³/mol. The molecule has 5 atom stereocenters. The van der Waals surface area contributed by atoms with E-state index in [0.29, 0.717) is 18.7 Å². The largest absolute Gasteiger partial charge is 0.434 e. The molecule has 1 aromatic carbocycles. The number of carbonyl (C=O) groups is 3. The molecule has 0 spiro atoms. The number of allylic oxidation sites excluding steroid dienone is 1. The summed E-state index contributed by atoms with van der Waals surface area (Å²) >= 11 is 0. The molecule has 2 aromatic rings. The summed E-state index contributed by atoms with van der Waals surface area (Å²) in [5.41, 5.74) is 0. The first-order valence-corrected chi connectivity index (χ1v) is 10.4. The van der Waals surface area contributed by atoms with Crippen molar-refractivity contribution in [2.75, 3.05) is 5.32 Å². The third-order valence-corrected chi connectivity index (χ3v) is 5.95. The van der Waals surface area contributed by atoms with E-state index in [1.807, 2.05) is 42.5 Å². The van der Waals surface area contributed by atoms with Crippen LogP contribution in [0.3, 0.4) is 0 Å². The van der Waals surface area contributed by atoms with Crippen molar-refractivity contribution in [2.45, 2.75) is 44.6 Å². The SMILES string of the molecule is CC(C(=O)NC1CC(=O)OC1O)C1CC=CCC(Nc2nccc3ccccc23)C1=O. The summed E-state index contributed by atoms with van der Waals surface area (Å²) in [6, 6.07) is 8.40. The number of aromatic nitrogens is 1. The molecule has 8 heteroatoms. The minimum Gasteiger partial charge on any atom is -0.434 e. The summed E-state index contributed by atoms with van der Waals surface area (Å²) < 4.78 is 4.67. The van der Waals surface area contributed by atoms with Gasteiger partial charge in [0, 0.05) is 23.4 Å². The highest BCUT2D eigenvalue weighted by molar-refractivity contribution is 5.97. The highest BCUT2D eigenvalue weighted by Gasteiger charge is 2.39. The van der Waals surface area contributed by atoms with Gasteiger partial charge in [-0.2, -0.15) is 0 Å². The number of hydrogen-bond acceptors (Lipinski definition) is 7. The number of pyridine rings is 1. The molecule has 0 radical (unpaired) electrons. The summed E-state index contributed by atoms with van der Waals surface area (Å²) in [4.78, 5) is 41.8. The van der Waals surface area contributed by atoms with Crippen molar-refractivity contribution in [2.24, 2.45) is 11.8 Å². The third kappa shape index (κ3) is 4.44. The molecule has 1 aromatic heterocycles. The van der Waals surface area contributed by atoms with Crippen LogP contribution in [-0.4, -0.2) is 46.1 Å². The Morgan fingerprint density at radius 3 is 2.74 bits per heavy atom. The first-order valence-electron chi connectivity index (χ1n) is 10.4. The number of cyclic esters (lactones) is 1. The molecular weight excluding hydrogens is 398 g/mol. The van der Waals surface area contributed by atoms with E-state index in [9.17, 15) is 19.5 Å². The Morgan fingerprint density at radius 2 is 1.97 bits per heavy atom. The summed E-state index contributed by atoms with van der Waals surface area (Å²) in [6.07, 6.45) is 5.05. The summed E-state index contributed by atoms with van der Waals surface area (Å²) in [5, 5.41) is 17.6. The molecule has 1 aliphatic heterocycles. The van der Waals surface area contributed by atoms with Crippen LogP contribution in [-0.2, 0) is 19.1 Å². The number of carbonyl (C=O) groups excluding carboxylic acids is 3. The highest BCUT2D eigenvalue weighted by atomic mass is 16.6. The van der Waals surface area contributed by atoms with E-state index in [0.717, 1.165) is 10.8 Å². The number of Topliss-reactive ketones (excluding diaryl/α,β-unsaturated/α-hetero) is 1. The zero-order chi connectivity index (χ0) is 22.0. The second kappa shape index (κ2) is 8.85. The van der Waals surface area contributed by atoms with Crippen LogP contribution in [0.15, 0.2) is 48.7 Å². The van der Waals surface area contributed by atoms with Gasteiger partial charge in [-0.1, -0.05) is 43.3 Å². The predicted octanol–water partition coefficient (Wildman–Crippen LogP) is 1.94. The van der Waals surface area contributed by atoms with Gasteiger partial charge in [0.25, 0.3) is 0 Å². The number of anilines is 1. The lowest BCUT2D eigenvalue weighted by Crippen LogP contribution is -2.46. The van der Waals surface area contributed by atoms with E-state index >= 15 is 0 Å². The smallest absolute Gasteiger partial charge is 0.310 e. The summed E-state index contributed by atoms with van der Waals surface area (Å²) in [6.45, 7) is 1.69. The summed E-state index contributed by atoms with van der Waals surface area (Å²) in [7, 11) is 0. The topological polar surface area (TPSA) is 118 Å². The lowest BCUT2D eigenvalue weighted by atomic mass is 9.84. The lowest BCUT2D eigenvalue weighted by molar-refractivity contribution is -0.155. The number of aliphatic hydroxyl groups excluding tert-OH is 1. The van der Waals surface area contributed by atoms with Crippen LogP contribution in [0.4, 0.5) is 5.82 Å². The number of esters is 1. The number of ether oxygens (including phenoxy) is 1. The quantitative estimate of drug-likeness (QED) is 0.497. The number of hydrogen-bond donors (Lipinski definition) is 3. The highest BCUT2D eigenvalue weighted by Crippen LogP contribution is 2.28. The van der Waals surface area contributed by atoms with E-state index in [2.05, 4.69) is 20.4 Å². The van der Waals surface area contributed by atoms with Crippen molar-refractivity contribution in [3.63, 3.8) is 0 Å². The van der Waals surface area contributed by atoms with Crippen molar-refractivity contribution in [1.82, 2.24) is 10.3 Å². The van der Waals surface area contributed by atoms with Gasteiger partial charge in [-0.05, 0) is 24.3 Å². The van der Waals surface area contributed by atoms with Gasteiger partial charge in [-0.3, -0.25) is 14.4 Å². The van der Waals surface area contributed by atoms with E-state index in [4.69, 9.17) is 0 Å². The van der Waals surface area contributed by atoms with Crippen LogP contribution in [0.2, 0.25) is 0 Å². The van der Waals surface area contributed by atoms with E-state index in [1.54, 1.807) is 13.1 Å². The number of rotatable bonds is 5. The molecule has 162 valence electrons. The Hall–Kier alpha value is -3.26. The molecule has 31 heavy (non-hydrogen) atoms. The maximum Gasteiger partial charge on any atom is 0.310 e. The summed E-state index contributed by atoms with van der Waals surface area (Å²) in [5.74, 6) is -1.57. The molecule has 8 nitrogen and oxygen atoms in total. The number of nitrogens with zero attached hydrogens (tertiary/aromatic N) is 1. The number of aliphatic hydroxyl groups is 1. The molecule has 3 N–H and O–H groups in total. The molecule has 1 saturated heterocycles. The van der Waals surface area contributed by atoms with E-state index < -0.39 is 42.1 Å². The van der Waals surface area contributed by atoms with Gasteiger partial charge in [-0.15, -0.1) is 0 Å². The zero-order valence-corrected chi connectivity index (χ0v) is 17.2. The average Bonchev–Trinajstić information content (AvgIpc) is 2.96. The van der Waals surface area contributed by atoms with Gasteiger partial charge in [0.05, 0.1) is 12.5 Å². The molecule has 2 aliphatic rings. The lowest BCUT2D eigenvalue weighted by Gasteiger charge is -2.26. The number of nitrogens with one attached hydrogen (secondary N) is 2. The first kappa shape index (κ1) is 21.0. The maximum absolute atomic E-state index is 13.3. The van der Waals surface area contributed by atoms with Crippen LogP contribution in [0.25, 0.3) is 10.8 Å². The average molecular weight is 423 g/mol. The Balaban J connectivity index is 1.49. The normalized spacial score (nSPS) is 26.9. The fourth-order valence-corrected chi connectivity index (χ4v) is 4.11. The van der Waals surface area contributed by atoms with Crippen LogP contribution in [0.1, 0.15) is 26.2 Å². The molecule has 2 heterocycles. The van der Waals surface area contributed by atoms with Gasteiger partial charge < -0.3 is 20.5 Å². The minimum atomic E-state index is -1.36. The Bertz CT molecular complexity index is 1030. The number of ketones is 1. The van der Waals surface area contributed by atoms with Gasteiger partial charge in [0.15, 0.2) is 5.78 Å². The third-order valence-electron chi connectivity index (χ3n) is 5.95. The standard InChI is InChI=1S/C23H25N3O5/c1-13(22(29)26-18-12-19(27)31-23(18)30)15-7-4-5-9-17(20(15)28)25-21-16-8-3-2-6-14(16)10-11-24-21/h2-6,8,10-11,13,15,17-18,23,30H,7,9,12H2,1H3,(H,24,25)(H,26,29). The van der Waals surface area contributed by atoms with Crippen LogP contribution in [0.5, 0.6) is 0 Å². The van der Waals surface area contributed by atoms with E-state index in [-0.39, 0.29) is 12.2 Å². The monoisotopic (exact) mass is 423 g/mol. The van der Waals surface area contributed by atoms with Crippen LogP contribution < -0.4 is 10.6 Å². The van der Waals surface area contributed by atoms with Crippen molar-refractivity contribution >= 4 is 34.3 Å². The molecular formula is C23H25N3O5. The van der Waals surface area contributed by atoms with Gasteiger partial charge in [0.2, 0.25) is 12.2 Å². The molecule has 1 fully saturated rings.